The van der Waals surface area contributed by atoms with Gasteiger partial charge in [0.1, 0.15) is 0 Å². The van der Waals surface area contributed by atoms with E-state index in [0.717, 1.165) is 12.2 Å². The van der Waals surface area contributed by atoms with E-state index in [2.05, 4.69) is 49.9 Å². The Hall–Kier alpha value is -2.23. The third-order valence-electron chi connectivity index (χ3n) is 4.37. The molecular formula is C17H20N4. The predicted molar refractivity (Wildman–Crippen MR) is 85.7 cm³/mol. The molecule has 0 aliphatic carbocycles. The lowest BCUT2D eigenvalue weighted by Crippen LogP contribution is -2.29. The van der Waals surface area contributed by atoms with Crippen LogP contribution in [-0.2, 0) is 6.54 Å². The van der Waals surface area contributed by atoms with Gasteiger partial charge in [-0.25, -0.2) is 4.98 Å². The lowest BCUT2D eigenvalue weighted by atomic mass is 10.1. The van der Waals surface area contributed by atoms with Crippen molar-refractivity contribution in [3.05, 3.63) is 48.7 Å². The molecule has 2 aromatic heterocycles. The first-order chi connectivity index (χ1) is 10.4. The molecule has 1 aliphatic rings. The van der Waals surface area contributed by atoms with Crippen molar-refractivity contribution in [1.29, 1.82) is 0 Å². The number of hydrogen-bond acceptors (Lipinski definition) is 2. The zero-order valence-electron chi connectivity index (χ0n) is 12.1. The largest absolute Gasteiger partial charge is 0.371 e. The Bertz CT molecular complexity index is 720. The summed E-state index contributed by atoms with van der Waals surface area (Å²) in [6.07, 6.45) is 9.78. The van der Waals surface area contributed by atoms with E-state index in [4.69, 9.17) is 0 Å². The van der Waals surface area contributed by atoms with Crippen LogP contribution in [0.25, 0.3) is 10.9 Å². The lowest BCUT2D eigenvalue weighted by molar-refractivity contribution is 0.578. The maximum atomic E-state index is 4.10. The van der Waals surface area contributed by atoms with Crippen LogP contribution in [0.4, 0.5) is 5.69 Å². The number of nitrogens with one attached hydrogen (secondary N) is 1. The molecule has 0 saturated carbocycles. The molecular weight excluding hydrogens is 260 g/mol. The molecule has 0 radical (unpaired) electrons. The van der Waals surface area contributed by atoms with Crippen LogP contribution in [0.5, 0.6) is 0 Å². The minimum absolute atomic E-state index is 0.840. The summed E-state index contributed by atoms with van der Waals surface area (Å²) in [5, 5.41) is 1.30. The highest BCUT2D eigenvalue weighted by Crippen LogP contribution is 2.26. The number of aromatic amines is 1. The number of piperidine rings is 1. The van der Waals surface area contributed by atoms with Crippen LogP contribution in [0.3, 0.4) is 0 Å². The number of aromatic nitrogens is 3. The fraction of sp³-hybridized carbons (Fsp3) is 0.353. The predicted octanol–water partition coefficient (Wildman–Crippen LogP) is 3.40. The summed E-state index contributed by atoms with van der Waals surface area (Å²) in [6.45, 7) is 3.21. The molecule has 1 saturated heterocycles. The van der Waals surface area contributed by atoms with Crippen LogP contribution in [0.1, 0.15) is 25.0 Å². The summed E-state index contributed by atoms with van der Waals surface area (Å²) in [5.74, 6) is 0. The third kappa shape index (κ3) is 2.42. The van der Waals surface area contributed by atoms with Gasteiger partial charge in [-0.1, -0.05) is 6.07 Å². The zero-order chi connectivity index (χ0) is 14.1. The summed E-state index contributed by atoms with van der Waals surface area (Å²) in [5.41, 5.74) is 3.79. The minimum Gasteiger partial charge on any atom is -0.371 e. The maximum absolute atomic E-state index is 4.10. The molecule has 0 amide bonds. The van der Waals surface area contributed by atoms with E-state index in [0.29, 0.717) is 0 Å². The lowest BCUT2D eigenvalue weighted by Gasteiger charge is -2.29. The van der Waals surface area contributed by atoms with E-state index in [1.54, 1.807) is 6.33 Å². The Kier molecular flexibility index (Phi) is 3.14. The van der Waals surface area contributed by atoms with Crippen LogP contribution in [0.2, 0.25) is 0 Å². The fourth-order valence-electron chi connectivity index (χ4n) is 3.21. The second kappa shape index (κ2) is 5.28. The highest BCUT2D eigenvalue weighted by atomic mass is 15.1. The van der Waals surface area contributed by atoms with Gasteiger partial charge in [0.05, 0.1) is 24.1 Å². The van der Waals surface area contributed by atoms with E-state index in [-0.39, 0.29) is 0 Å². The van der Waals surface area contributed by atoms with Gasteiger partial charge < -0.3 is 14.5 Å². The minimum atomic E-state index is 0.840. The van der Waals surface area contributed by atoms with Crippen molar-refractivity contribution >= 4 is 16.6 Å². The summed E-state index contributed by atoms with van der Waals surface area (Å²) in [4.78, 5) is 9.78. The van der Waals surface area contributed by atoms with Gasteiger partial charge in [0.2, 0.25) is 0 Å². The van der Waals surface area contributed by atoms with Crippen LogP contribution in [0, 0.1) is 0 Å². The van der Waals surface area contributed by atoms with Crippen LogP contribution in [-0.4, -0.2) is 27.6 Å². The number of nitrogens with zero attached hydrogens (tertiary/aromatic N) is 3. The fourth-order valence-corrected chi connectivity index (χ4v) is 3.21. The van der Waals surface area contributed by atoms with Crippen molar-refractivity contribution < 1.29 is 0 Å². The van der Waals surface area contributed by atoms with Crippen molar-refractivity contribution in [1.82, 2.24) is 14.5 Å². The molecule has 0 unspecified atom stereocenters. The van der Waals surface area contributed by atoms with Crippen LogP contribution in [0.15, 0.2) is 43.0 Å². The van der Waals surface area contributed by atoms with Gasteiger partial charge in [0.25, 0.3) is 0 Å². The third-order valence-corrected chi connectivity index (χ3v) is 4.37. The Morgan fingerprint density at radius 3 is 2.81 bits per heavy atom. The molecule has 3 heterocycles. The van der Waals surface area contributed by atoms with Gasteiger partial charge in [0.15, 0.2) is 0 Å². The zero-order valence-corrected chi connectivity index (χ0v) is 12.1. The van der Waals surface area contributed by atoms with Gasteiger partial charge in [-0.15, -0.1) is 0 Å². The van der Waals surface area contributed by atoms with Gasteiger partial charge in [0, 0.05) is 31.2 Å². The highest BCUT2D eigenvalue weighted by molar-refractivity contribution is 5.84. The number of fused-ring (bicyclic) bond motifs is 1. The van der Waals surface area contributed by atoms with Crippen molar-refractivity contribution in [2.24, 2.45) is 0 Å². The summed E-state index contributed by atoms with van der Waals surface area (Å²) in [7, 11) is 0. The Labute approximate surface area is 124 Å². The number of anilines is 1. The van der Waals surface area contributed by atoms with E-state index < -0.39 is 0 Å². The quantitative estimate of drug-likeness (QED) is 0.798. The van der Waals surface area contributed by atoms with Gasteiger partial charge in [-0.2, -0.15) is 0 Å². The van der Waals surface area contributed by atoms with Crippen molar-refractivity contribution in [2.45, 2.75) is 25.8 Å². The summed E-state index contributed by atoms with van der Waals surface area (Å²) >= 11 is 0. The number of hydrogen-bond donors (Lipinski definition) is 1. The average molecular weight is 280 g/mol. The first-order valence-corrected chi connectivity index (χ1v) is 7.71. The monoisotopic (exact) mass is 280 g/mol. The second-order valence-corrected chi connectivity index (χ2v) is 5.81. The van der Waals surface area contributed by atoms with E-state index >= 15 is 0 Å². The smallest absolute Gasteiger partial charge is 0.0922 e. The van der Waals surface area contributed by atoms with Crippen LogP contribution >= 0.6 is 0 Å². The number of imidazole rings is 1. The van der Waals surface area contributed by atoms with Crippen LogP contribution < -0.4 is 4.90 Å². The maximum Gasteiger partial charge on any atom is 0.0922 e. The molecule has 4 heteroatoms. The van der Waals surface area contributed by atoms with E-state index in [1.165, 1.54) is 48.9 Å². The molecule has 4 rings (SSSR count). The molecule has 1 fully saturated rings. The number of rotatable bonds is 3. The van der Waals surface area contributed by atoms with E-state index in [9.17, 15) is 0 Å². The molecule has 0 atom stereocenters. The second-order valence-electron chi connectivity index (χ2n) is 5.81. The average Bonchev–Trinajstić information content (AvgIpc) is 3.19. The Balaban J connectivity index is 1.68. The SMILES string of the molecule is c1ncc(Cn2ccc3ccc(N4CCCCC4)cc32)[nH]1. The van der Waals surface area contributed by atoms with E-state index in [1.807, 2.05) is 6.20 Å². The molecule has 1 aromatic carbocycles. The topological polar surface area (TPSA) is 36.9 Å². The first-order valence-electron chi connectivity index (χ1n) is 7.71. The van der Waals surface area contributed by atoms with Gasteiger partial charge in [-0.05, 0) is 42.8 Å². The molecule has 0 bridgehead atoms. The van der Waals surface area contributed by atoms with Crippen molar-refractivity contribution in [3.63, 3.8) is 0 Å². The summed E-state index contributed by atoms with van der Waals surface area (Å²) < 4.78 is 2.29. The standard InChI is InChI=1S/C17H20N4/c1-2-7-20(8-3-1)16-5-4-14-6-9-21(17(14)10-16)12-15-11-18-13-19-15/h4-6,9-11,13H,1-3,7-8,12H2,(H,18,19). The Morgan fingerprint density at radius 2 is 2.00 bits per heavy atom. The van der Waals surface area contributed by atoms with Crippen molar-refractivity contribution in [3.8, 4) is 0 Å². The normalized spacial score (nSPS) is 15.7. The summed E-state index contributed by atoms with van der Waals surface area (Å²) in [6, 6.07) is 9.01. The highest BCUT2D eigenvalue weighted by Gasteiger charge is 2.12. The number of benzene rings is 1. The van der Waals surface area contributed by atoms with Gasteiger partial charge in [-0.3, -0.25) is 0 Å². The molecule has 3 aromatic rings. The van der Waals surface area contributed by atoms with Gasteiger partial charge >= 0.3 is 0 Å². The Morgan fingerprint density at radius 1 is 1.10 bits per heavy atom. The molecule has 0 spiro atoms. The number of H-pyrrole nitrogens is 1. The molecule has 1 aliphatic heterocycles. The molecule has 1 N–H and O–H groups in total. The molecule has 4 nitrogen and oxygen atoms in total. The molecule has 21 heavy (non-hydrogen) atoms. The first kappa shape index (κ1) is 12.5. The van der Waals surface area contributed by atoms with Crippen molar-refractivity contribution in [2.75, 3.05) is 18.0 Å². The molecule has 108 valence electrons.